The smallest absolute Gasteiger partial charge is 0.305 e. The third-order valence-electron chi connectivity index (χ3n) is 15.2. The van der Waals surface area contributed by atoms with Gasteiger partial charge >= 0.3 is 5.97 Å². The van der Waals surface area contributed by atoms with Gasteiger partial charge in [-0.3, -0.25) is 9.59 Å². The summed E-state index contributed by atoms with van der Waals surface area (Å²) in [6.07, 6.45) is 69.9. The van der Waals surface area contributed by atoms with Crippen molar-refractivity contribution < 1.29 is 24.5 Å². The molecule has 0 aromatic heterocycles. The van der Waals surface area contributed by atoms with E-state index in [-0.39, 0.29) is 18.5 Å². The second-order valence-corrected chi connectivity index (χ2v) is 22.1. The van der Waals surface area contributed by atoms with Gasteiger partial charge in [0.15, 0.2) is 0 Å². The van der Waals surface area contributed by atoms with E-state index in [9.17, 15) is 19.8 Å². The van der Waals surface area contributed by atoms with Gasteiger partial charge in [0.25, 0.3) is 0 Å². The fourth-order valence-electron chi connectivity index (χ4n) is 10.3. The van der Waals surface area contributed by atoms with Gasteiger partial charge in [0.1, 0.15) is 0 Å². The van der Waals surface area contributed by atoms with E-state index in [1.165, 1.54) is 295 Å². The van der Waals surface area contributed by atoms with Gasteiger partial charge in [-0.2, -0.15) is 0 Å². The van der Waals surface area contributed by atoms with Crippen LogP contribution in [0.3, 0.4) is 0 Å². The summed E-state index contributed by atoms with van der Waals surface area (Å²) in [5.41, 5.74) is 0. The van der Waals surface area contributed by atoms with Gasteiger partial charge in [-0.25, -0.2) is 0 Å². The highest BCUT2D eigenvalue weighted by Crippen LogP contribution is 2.19. The second-order valence-electron chi connectivity index (χ2n) is 22.1. The molecule has 0 spiro atoms. The Labute approximate surface area is 432 Å². The minimum atomic E-state index is -0.659. The van der Waals surface area contributed by atoms with Crippen LogP contribution in [0.5, 0.6) is 0 Å². The Hall–Kier alpha value is -1.14. The molecule has 0 aliphatic rings. The number of hydrogen-bond acceptors (Lipinski definition) is 5. The van der Waals surface area contributed by atoms with Crippen LogP contribution < -0.4 is 5.32 Å². The average molecular weight is 977 g/mol. The van der Waals surface area contributed by atoms with Gasteiger partial charge in [-0.1, -0.05) is 328 Å². The first kappa shape index (κ1) is 67.9. The summed E-state index contributed by atoms with van der Waals surface area (Å²) in [5, 5.41) is 23.2. The number of nitrogens with one attached hydrogen (secondary N) is 1. The molecule has 0 heterocycles. The number of hydrogen-bond donors (Lipinski definition) is 3. The number of unbranched alkanes of at least 4 members (excludes halogenated alkanes) is 49. The Morgan fingerprint density at radius 2 is 0.594 bits per heavy atom. The molecule has 0 fully saturated rings. The van der Waals surface area contributed by atoms with E-state index in [1.54, 1.807) is 0 Å². The Morgan fingerprint density at radius 3 is 0.884 bits per heavy atom. The number of aliphatic hydroxyl groups excluding tert-OH is 2. The van der Waals surface area contributed by atoms with Crippen LogP contribution in [0.25, 0.3) is 0 Å². The summed E-state index contributed by atoms with van der Waals surface area (Å²) >= 11 is 0. The largest absolute Gasteiger partial charge is 0.466 e. The van der Waals surface area contributed by atoms with Crippen LogP contribution in [-0.4, -0.2) is 47.4 Å². The zero-order chi connectivity index (χ0) is 50.0. The van der Waals surface area contributed by atoms with Gasteiger partial charge in [0.05, 0.1) is 25.4 Å². The number of aliphatic hydroxyl groups is 2. The highest BCUT2D eigenvalue weighted by molar-refractivity contribution is 5.76. The maximum Gasteiger partial charge on any atom is 0.305 e. The van der Waals surface area contributed by atoms with Crippen molar-refractivity contribution in [1.29, 1.82) is 0 Å². The molecule has 0 bridgehead atoms. The summed E-state index contributed by atoms with van der Waals surface area (Å²) in [4.78, 5) is 24.5. The molecule has 2 unspecified atom stereocenters. The summed E-state index contributed by atoms with van der Waals surface area (Å²) in [6.45, 7) is 4.97. The molecule has 0 aliphatic carbocycles. The maximum atomic E-state index is 12.5. The Balaban J connectivity index is 3.31. The lowest BCUT2D eigenvalue weighted by Gasteiger charge is -2.22. The van der Waals surface area contributed by atoms with Gasteiger partial charge in [0, 0.05) is 12.8 Å². The van der Waals surface area contributed by atoms with Crippen molar-refractivity contribution in [3.05, 3.63) is 0 Å². The molecule has 0 aromatic rings. The standard InChI is InChI=1S/C63H125NO5/c1-3-5-7-9-11-13-15-36-39-43-47-51-55-61(66)60(59-65)64-62(67)56-52-48-44-40-37-33-31-29-27-25-23-21-19-17-16-18-20-22-24-26-28-30-32-34-38-42-46-50-54-58-69-63(68)57-53-49-45-41-35-14-12-10-8-6-4-2/h60-61,65-66H,3-59H2,1-2H3,(H,64,67). The highest BCUT2D eigenvalue weighted by atomic mass is 16.5. The molecule has 3 N–H and O–H groups in total. The van der Waals surface area contributed by atoms with Crippen LogP contribution in [0, 0.1) is 0 Å². The SMILES string of the molecule is CCCCCCCCCCCCCCC(O)C(CO)NC(=O)CCCCCCCCCCCCCCCCCCCCCCCCCCCCCCCOC(=O)CCCCCCCCCCCCC. The molecular formula is C63H125NO5. The molecule has 0 aliphatic heterocycles. The van der Waals surface area contributed by atoms with E-state index < -0.39 is 12.1 Å². The molecular weight excluding hydrogens is 851 g/mol. The fraction of sp³-hybridized carbons (Fsp3) is 0.968. The molecule has 412 valence electrons. The molecule has 69 heavy (non-hydrogen) atoms. The number of carbonyl (C=O) groups excluding carboxylic acids is 2. The topological polar surface area (TPSA) is 95.9 Å². The molecule has 2 atom stereocenters. The first-order valence-corrected chi connectivity index (χ1v) is 31.8. The summed E-state index contributed by atoms with van der Waals surface area (Å²) in [6, 6.07) is -0.536. The monoisotopic (exact) mass is 976 g/mol. The number of rotatable bonds is 60. The number of carbonyl (C=O) groups is 2. The van der Waals surface area contributed by atoms with Crippen LogP contribution in [0.2, 0.25) is 0 Å². The van der Waals surface area contributed by atoms with E-state index in [4.69, 9.17) is 4.74 Å². The lowest BCUT2D eigenvalue weighted by atomic mass is 10.0. The van der Waals surface area contributed by atoms with Crippen LogP contribution in [-0.2, 0) is 14.3 Å². The van der Waals surface area contributed by atoms with Crippen LogP contribution >= 0.6 is 0 Å². The van der Waals surface area contributed by atoms with Gasteiger partial charge < -0.3 is 20.3 Å². The molecule has 0 saturated heterocycles. The van der Waals surface area contributed by atoms with Crippen molar-refractivity contribution in [2.45, 2.75) is 379 Å². The minimum Gasteiger partial charge on any atom is -0.466 e. The van der Waals surface area contributed by atoms with E-state index in [1.807, 2.05) is 0 Å². The van der Waals surface area contributed by atoms with Gasteiger partial charge in [0.2, 0.25) is 5.91 Å². The molecule has 0 aromatic carbocycles. The maximum absolute atomic E-state index is 12.5. The lowest BCUT2D eigenvalue weighted by molar-refractivity contribution is -0.143. The molecule has 6 nitrogen and oxygen atoms in total. The number of ether oxygens (including phenoxy) is 1. The van der Waals surface area contributed by atoms with Crippen LogP contribution in [0.15, 0.2) is 0 Å². The van der Waals surface area contributed by atoms with Gasteiger partial charge in [-0.05, 0) is 25.7 Å². The molecule has 0 saturated carbocycles. The summed E-state index contributed by atoms with van der Waals surface area (Å²) < 4.78 is 5.47. The summed E-state index contributed by atoms with van der Waals surface area (Å²) in [7, 11) is 0. The fourth-order valence-corrected chi connectivity index (χ4v) is 10.3. The normalized spacial score (nSPS) is 12.5. The number of esters is 1. The second kappa shape index (κ2) is 59.4. The van der Waals surface area contributed by atoms with Crippen molar-refractivity contribution in [3.63, 3.8) is 0 Å². The first-order chi connectivity index (χ1) is 34.0. The molecule has 0 rings (SSSR count). The molecule has 1 amide bonds. The van der Waals surface area contributed by atoms with E-state index in [2.05, 4.69) is 19.2 Å². The Kier molecular flexibility index (Phi) is 58.4. The van der Waals surface area contributed by atoms with Crippen LogP contribution in [0.4, 0.5) is 0 Å². The zero-order valence-corrected chi connectivity index (χ0v) is 47.1. The number of amides is 1. The minimum absolute atomic E-state index is 0.0199. The van der Waals surface area contributed by atoms with E-state index in [0.717, 1.165) is 38.5 Å². The molecule has 6 heteroatoms. The Morgan fingerprint density at radius 1 is 0.348 bits per heavy atom. The zero-order valence-electron chi connectivity index (χ0n) is 47.1. The molecule has 0 radical (unpaired) electrons. The van der Waals surface area contributed by atoms with Crippen molar-refractivity contribution in [3.8, 4) is 0 Å². The quantitative estimate of drug-likeness (QED) is 0.0417. The first-order valence-electron chi connectivity index (χ1n) is 31.8. The van der Waals surface area contributed by atoms with Crippen molar-refractivity contribution in [2.24, 2.45) is 0 Å². The third-order valence-corrected chi connectivity index (χ3v) is 15.2. The highest BCUT2D eigenvalue weighted by Gasteiger charge is 2.20. The lowest BCUT2D eigenvalue weighted by Crippen LogP contribution is -2.45. The predicted octanol–water partition coefficient (Wildman–Crippen LogP) is 19.9. The van der Waals surface area contributed by atoms with E-state index in [0.29, 0.717) is 25.9 Å². The summed E-state index contributed by atoms with van der Waals surface area (Å²) in [5.74, 6) is -0.00972. The third kappa shape index (κ3) is 56.0. The predicted molar refractivity (Wildman–Crippen MR) is 301 cm³/mol. The average Bonchev–Trinajstić information content (AvgIpc) is 3.35. The Bertz CT molecular complexity index is 990. The van der Waals surface area contributed by atoms with Gasteiger partial charge in [-0.15, -0.1) is 0 Å². The van der Waals surface area contributed by atoms with Crippen molar-refractivity contribution in [1.82, 2.24) is 5.32 Å². The van der Waals surface area contributed by atoms with Crippen LogP contribution in [0.1, 0.15) is 367 Å². The van der Waals surface area contributed by atoms with E-state index >= 15 is 0 Å². The van der Waals surface area contributed by atoms with Crippen molar-refractivity contribution >= 4 is 11.9 Å². The van der Waals surface area contributed by atoms with Crippen molar-refractivity contribution in [2.75, 3.05) is 13.2 Å².